The molecule has 98 valence electrons. The molecule has 0 unspecified atom stereocenters. The van der Waals surface area contributed by atoms with Crippen LogP contribution in [0.4, 0.5) is 0 Å². The van der Waals surface area contributed by atoms with Gasteiger partial charge in [-0.3, -0.25) is 4.79 Å². The first-order chi connectivity index (χ1) is 8.67. The van der Waals surface area contributed by atoms with Crippen molar-refractivity contribution in [1.82, 2.24) is 19.9 Å². The predicted molar refractivity (Wildman–Crippen MR) is 72.7 cm³/mol. The quantitative estimate of drug-likeness (QED) is 0.885. The van der Waals surface area contributed by atoms with Crippen LogP contribution in [0.2, 0.25) is 0 Å². The van der Waals surface area contributed by atoms with Crippen molar-refractivity contribution < 1.29 is 4.79 Å². The summed E-state index contributed by atoms with van der Waals surface area (Å²) in [7, 11) is 1.62. The van der Waals surface area contributed by atoms with Crippen LogP contribution in [0.3, 0.4) is 0 Å². The highest BCUT2D eigenvalue weighted by atomic mass is 16.1. The number of nitrogens with one attached hydrogen (secondary N) is 1. The van der Waals surface area contributed by atoms with Crippen LogP contribution in [0.1, 0.15) is 37.1 Å². The third-order valence-corrected chi connectivity index (χ3v) is 2.53. The monoisotopic (exact) mass is 248 g/mol. The molecular formula is C13H20N4O. The Morgan fingerprint density at radius 2 is 2.11 bits per heavy atom. The lowest BCUT2D eigenvalue weighted by atomic mass is 10.3. The SMILES string of the molecule is CC.CCn1c(C(=O)NC)cc2cnc(C)nc21. The third kappa shape index (κ3) is 2.50. The molecule has 18 heavy (non-hydrogen) atoms. The molecule has 2 rings (SSSR count). The molecule has 1 N–H and O–H groups in total. The Balaban J connectivity index is 0.000000771. The van der Waals surface area contributed by atoms with E-state index in [0.29, 0.717) is 18.1 Å². The Morgan fingerprint density at radius 1 is 1.44 bits per heavy atom. The number of hydrogen-bond acceptors (Lipinski definition) is 3. The van der Waals surface area contributed by atoms with E-state index in [9.17, 15) is 4.79 Å². The van der Waals surface area contributed by atoms with Crippen LogP contribution in [0.25, 0.3) is 11.0 Å². The standard InChI is InChI=1S/C11H14N4O.C2H6/c1-4-15-9(11(16)12-3)5-8-6-13-7(2)14-10(8)15;1-2/h5-6H,4H2,1-3H3,(H,12,16);1-2H3. The first kappa shape index (κ1) is 14.2. The van der Waals surface area contributed by atoms with Gasteiger partial charge in [0.15, 0.2) is 0 Å². The van der Waals surface area contributed by atoms with Gasteiger partial charge in [0.05, 0.1) is 0 Å². The first-order valence-corrected chi connectivity index (χ1v) is 6.22. The minimum atomic E-state index is -0.0995. The van der Waals surface area contributed by atoms with Gasteiger partial charge in [0.1, 0.15) is 17.2 Å². The van der Waals surface area contributed by atoms with E-state index in [1.54, 1.807) is 13.2 Å². The number of hydrogen-bond donors (Lipinski definition) is 1. The van der Waals surface area contributed by atoms with E-state index in [4.69, 9.17) is 0 Å². The molecule has 0 radical (unpaired) electrons. The van der Waals surface area contributed by atoms with Gasteiger partial charge >= 0.3 is 0 Å². The summed E-state index contributed by atoms with van der Waals surface area (Å²) in [5.41, 5.74) is 1.44. The number of rotatable bonds is 2. The van der Waals surface area contributed by atoms with Crippen LogP contribution in [-0.2, 0) is 6.54 Å². The second-order valence-corrected chi connectivity index (χ2v) is 3.55. The lowest BCUT2D eigenvalue weighted by molar-refractivity contribution is 0.0954. The molecule has 0 bridgehead atoms. The molecule has 0 saturated carbocycles. The summed E-state index contributed by atoms with van der Waals surface area (Å²) in [6, 6.07) is 1.82. The van der Waals surface area contributed by atoms with Crippen molar-refractivity contribution in [3.8, 4) is 0 Å². The summed E-state index contributed by atoms with van der Waals surface area (Å²) < 4.78 is 1.89. The molecule has 0 aliphatic carbocycles. The van der Waals surface area contributed by atoms with Gasteiger partial charge in [-0.25, -0.2) is 9.97 Å². The van der Waals surface area contributed by atoms with Gasteiger partial charge in [0, 0.05) is 25.2 Å². The fourth-order valence-electron chi connectivity index (χ4n) is 1.76. The average Bonchev–Trinajstić information content (AvgIpc) is 2.77. The van der Waals surface area contributed by atoms with Crippen molar-refractivity contribution in [2.45, 2.75) is 34.2 Å². The van der Waals surface area contributed by atoms with Crippen molar-refractivity contribution >= 4 is 16.9 Å². The molecule has 5 heteroatoms. The van der Waals surface area contributed by atoms with E-state index in [0.717, 1.165) is 11.0 Å². The van der Waals surface area contributed by atoms with Gasteiger partial charge in [0.25, 0.3) is 5.91 Å². The number of nitrogens with zero attached hydrogens (tertiary/aromatic N) is 3. The maximum Gasteiger partial charge on any atom is 0.267 e. The molecule has 0 aliphatic rings. The van der Waals surface area contributed by atoms with Crippen molar-refractivity contribution in [3.05, 3.63) is 23.8 Å². The fraction of sp³-hybridized carbons (Fsp3) is 0.462. The summed E-state index contributed by atoms with van der Waals surface area (Å²) in [6.45, 7) is 8.54. The Labute approximate surface area is 107 Å². The molecule has 0 atom stereocenters. The summed E-state index contributed by atoms with van der Waals surface area (Å²) in [5, 5.41) is 3.52. The zero-order valence-corrected chi connectivity index (χ0v) is 11.6. The van der Waals surface area contributed by atoms with E-state index in [2.05, 4.69) is 15.3 Å². The van der Waals surface area contributed by atoms with E-state index >= 15 is 0 Å². The fourth-order valence-corrected chi connectivity index (χ4v) is 1.76. The minimum absolute atomic E-state index is 0.0995. The number of fused-ring (bicyclic) bond motifs is 1. The van der Waals surface area contributed by atoms with Crippen LogP contribution in [0.5, 0.6) is 0 Å². The Hall–Kier alpha value is -1.91. The van der Waals surface area contributed by atoms with Gasteiger partial charge in [0.2, 0.25) is 0 Å². The first-order valence-electron chi connectivity index (χ1n) is 6.22. The number of carbonyl (C=O) groups is 1. The summed E-state index contributed by atoms with van der Waals surface area (Å²) in [5.74, 6) is 0.612. The number of amides is 1. The highest BCUT2D eigenvalue weighted by molar-refractivity contribution is 5.97. The molecule has 0 aliphatic heterocycles. The van der Waals surface area contributed by atoms with Crippen LogP contribution in [0, 0.1) is 6.92 Å². The van der Waals surface area contributed by atoms with Crippen LogP contribution in [0.15, 0.2) is 12.3 Å². The lowest BCUT2D eigenvalue weighted by Gasteiger charge is -2.05. The molecular weight excluding hydrogens is 228 g/mol. The smallest absolute Gasteiger partial charge is 0.267 e. The molecule has 0 saturated heterocycles. The van der Waals surface area contributed by atoms with Gasteiger partial charge < -0.3 is 9.88 Å². The number of aromatic nitrogens is 3. The molecule has 1 amide bonds. The molecule has 0 aromatic carbocycles. The van der Waals surface area contributed by atoms with Gasteiger partial charge in [-0.05, 0) is 19.9 Å². The van der Waals surface area contributed by atoms with E-state index in [1.807, 2.05) is 38.3 Å². The summed E-state index contributed by atoms with van der Waals surface area (Å²) in [4.78, 5) is 20.1. The topological polar surface area (TPSA) is 59.8 Å². The molecule has 0 spiro atoms. The van der Waals surface area contributed by atoms with Gasteiger partial charge in [-0.15, -0.1) is 0 Å². The lowest BCUT2D eigenvalue weighted by Crippen LogP contribution is -2.21. The van der Waals surface area contributed by atoms with E-state index < -0.39 is 0 Å². The number of carbonyl (C=O) groups excluding carboxylic acids is 1. The van der Waals surface area contributed by atoms with Crippen LogP contribution < -0.4 is 5.32 Å². The molecule has 2 heterocycles. The molecule has 2 aromatic heterocycles. The molecule has 0 fully saturated rings. The highest BCUT2D eigenvalue weighted by Gasteiger charge is 2.14. The van der Waals surface area contributed by atoms with Crippen molar-refractivity contribution in [3.63, 3.8) is 0 Å². The maximum atomic E-state index is 11.7. The zero-order valence-electron chi connectivity index (χ0n) is 11.6. The average molecular weight is 248 g/mol. The third-order valence-electron chi connectivity index (χ3n) is 2.53. The number of aryl methyl sites for hydroxylation is 2. The van der Waals surface area contributed by atoms with Crippen molar-refractivity contribution in [2.75, 3.05) is 7.05 Å². The van der Waals surface area contributed by atoms with Crippen molar-refractivity contribution in [1.29, 1.82) is 0 Å². The Kier molecular flexibility index (Phi) is 4.83. The Bertz CT molecular complexity index is 545. The summed E-state index contributed by atoms with van der Waals surface area (Å²) in [6.07, 6.45) is 1.75. The minimum Gasteiger partial charge on any atom is -0.354 e. The van der Waals surface area contributed by atoms with Crippen LogP contribution >= 0.6 is 0 Å². The molecule has 2 aromatic rings. The zero-order chi connectivity index (χ0) is 13.7. The van der Waals surface area contributed by atoms with E-state index in [-0.39, 0.29) is 5.91 Å². The maximum absolute atomic E-state index is 11.7. The van der Waals surface area contributed by atoms with E-state index in [1.165, 1.54) is 0 Å². The second-order valence-electron chi connectivity index (χ2n) is 3.55. The Morgan fingerprint density at radius 3 is 2.67 bits per heavy atom. The highest BCUT2D eigenvalue weighted by Crippen LogP contribution is 2.17. The predicted octanol–water partition coefficient (Wildman–Crippen LogP) is 2.15. The van der Waals surface area contributed by atoms with Crippen molar-refractivity contribution in [2.24, 2.45) is 0 Å². The van der Waals surface area contributed by atoms with Gasteiger partial charge in [-0.2, -0.15) is 0 Å². The van der Waals surface area contributed by atoms with Gasteiger partial charge in [-0.1, -0.05) is 13.8 Å². The molecule has 5 nitrogen and oxygen atoms in total. The second kappa shape index (κ2) is 6.14. The largest absolute Gasteiger partial charge is 0.354 e. The summed E-state index contributed by atoms with van der Waals surface area (Å²) >= 11 is 0. The normalized spacial score (nSPS) is 9.83. The van der Waals surface area contributed by atoms with Crippen LogP contribution in [-0.4, -0.2) is 27.5 Å².